The van der Waals surface area contributed by atoms with E-state index in [4.69, 9.17) is 0 Å². The molecule has 0 aliphatic heterocycles. The van der Waals surface area contributed by atoms with Crippen molar-refractivity contribution in [2.45, 2.75) is 32.2 Å². The summed E-state index contributed by atoms with van der Waals surface area (Å²) < 4.78 is 0. The maximum absolute atomic E-state index is 12.5. The minimum atomic E-state index is -0.121. The molecule has 0 radical (unpaired) electrons. The summed E-state index contributed by atoms with van der Waals surface area (Å²) in [5.41, 5.74) is 2.69. The Morgan fingerprint density at radius 2 is 1.86 bits per heavy atom. The third kappa shape index (κ3) is 3.13. The van der Waals surface area contributed by atoms with E-state index in [1.54, 1.807) is 12.4 Å². The average molecular weight is 280 g/mol. The molecule has 2 aromatic rings. The number of amides is 1. The molecule has 0 unspecified atom stereocenters. The van der Waals surface area contributed by atoms with Gasteiger partial charge in [-0.15, -0.1) is 0 Å². The normalized spacial score (nSPS) is 14.8. The Morgan fingerprint density at radius 3 is 2.52 bits per heavy atom. The summed E-state index contributed by atoms with van der Waals surface area (Å²) in [7, 11) is 0. The molecule has 0 saturated heterocycles. The Bertz CT molecular complexity index is 645. The lowest BCUT2D eigenvalue weighted by atomic mass is 9.97. The molecule has 1 aliphatic carbocycles. The number of aromatic nitrogens is 1. The van der Waals surface area contributed by atoms with Crippen LogP contribution in [0.1, 0.15) is 37.0 Å². The molecule has 0 bridgehead atoms. The van der Waals surface area contributed by atoms with Crippen LogP contribution in [0.3, 0.4) is 0 Å². The van der Waals surface area contributed by atoms with Crippen molar-refractivity contribution in [1.29, 1.82) is 0 Å². The Kier molecular flexibility index (Phi) is 3.50. The fourth-order valence-corrected chi connectivity index (χ4v) is 2.66. The van der Waals surface area contributed by atoms with Gasteiger partial charge in [0.1, 0.15) is 0 Å². The van der Waals surface area contributed by atoms with Crippen LogP contribution in [-0.4, -0.2) is 16.4 Å². The number of pyridine rings is 1. The summed E-state index contributed by atoms with van der Waals surface area (Å²) in [6, 6.07) is 11.6. The number of carbonyl (C=O) groups is 1. The summed E-state index contributed by atoms with van der Waals surface area (Å²) >= 11 is 0. The number of hydrogen-bond donors (Lipinski definition) is 1. The summed E-state index contributed by atoms with van der Waals surface area (Å²) in [4.78, 5) is 16.5. The zero-order valence-electron chi connectivity index (χ0n) is 12.5. The molecular formula is C18H20N2O. The SMILES string of the molecule is CC(C)(NC(=O)c1cccc(-c2ccncc2)c1)C1CC1. The van der Waals surface area contributed by atoms with E-state index in [0.29, 0.717) is 11.5 Å². The first-order valence-corrected chi connectivity index (χ1v) is 7.39. The highest BCUT2D eigenvalue weighted by Crippen LogP contribution is 2.39. The lowest BCUT2D eigenvalue weighted by molar-refractivity contribution is 0.0903. The van der Waals surface area contributed by atoms with E-state index < -0.39 is 0 Å². The predicted octanol–water partition coefficient (Wildman–Crippen LogP) is 3.67. The monoisotopic (exact) mass is 280 g/mol. The standard InChI is InChI=1S/C18H20N2O/c1-18(2,16-6-7-16)20-17(21)15-5-3-4-14(12-15)13-8-10-19-11-9-13/h3-5,8-12,16H,6-7H2,1-2H3,(H,20,21). The first-order chi connectivity index (χ1) is 10.1. The summed E-state index contributed by atoms with van der Waals surface area (Å²) in [6.07, 6.45) is 5.95. The van der Waals surface area contributed by atoms with E-state index in [-0.39, 0.29) is 11.4 Å². The molecule has 108 valence electrons. The first kappa shape index (κ1) is 13.8. The van der Waals surface area contributed by atoms with Crippen LogP contribution in [0, 0.1) is 5.92 Å². The van der Waals surface area contributed by atoms with Crippen LogP contribution >= 0.6 is 0 Å². The maximum Gasteiger partial charge on any atom is 0.251 e. The van der Waals surface area contributed by atoms with Gasteiger partial charge in [-0.3, -0.25) is 9.78 Å². The third-order valence-electron chi connectivity index (χ3n) is 4.17. The van der Waals surface area contributed by atoms with Crippen LogP contribution in [0.2, 0.25) is 0 Å². The second-order valence-corrected chi connectivity index (χ2v) is 6.27. The van der Waals surface area contributed by atoms with E-state index in [1.165, 1.54) is 12.8 Å². The lowest BCUT2D eigenvalue weighted by Crippen LogP contribution is -2.45. The van der Waals surface area contributed by atoms with Crippen molar-refractivity contribution < 1.29 is 4.79 Å². The molecule has 1 aliphatic rings. The highest BCUT2D eigenvalue weighted by Gasteiger charge is 2.38. The minimum Gasteiger partial charge on any atom is -0.347 e. The fraction of sp³-hybridized carbons (Fsp3) is 0.333. The number of nitrogens with one attached hydrogen (secondary N) is 1. The average Bonchev–Trinajstić information content (AvgIpc) is 3.33. The van der Waals surface area contributed by atoms with Gasteiger partial charge in [0.2, 0.25) is 0 Å². The molecule has 1 N–H and O–H groups in total. The van der Waals surface area contributed by atoms with Crippen LogP contribution in [0.5, 0.6) is 0 Å². The van der Waals surface area contributed by atoms with E-state index in [1.807, 2.05) is 36.4 Å². The van der Waals surface area contributed by atoms with Crippen molar-refractivity contribution in [3.63, 3.8) is 0 Å². The molecule has 0 spiro atoms. The highest BCUT2D eigenvalue weighted by molar-refractivity contribution is 5.95. The van der Waals surface area contributed by atoms with Gasteiger partial charge in [-0.25, -0.2) is 0 Å². The summed E-state index contributed by atoms with van der Waals surface area (Å²) in [5, 5.41) is 3.16. The van der Waals surface area contributed by atoms with Gasteiger partial charge in [0.25, 0.3) is 5.91 Å². The van der Waals surface area contributed by atoms with Gasteiger partial charge in [0.05, 0.1) is 0 Å². The van der Waals surface area contributed by atoms with E-state index in [0.717, 1.165) is 11.1 Å². The first-order valence-electron chi connectivity index (χ1n) is 7.39. The Labute approximate surface area is 125 Å². The molecule has 21 heavy (non-hydrogen) atoms. The summed E-state index contributed by atoms with van der Waals surface area (Å²) in [5.74, 6) is 0.618. The smallest absolute Gasteiger partial charge is 0.251 e. The molecule has 1 fully saturated rings. The van der Waals surface area contributed by atoms with Crippen LogP contribution < -0.4 is 5.32 Å². The molecule has 3 heteroatoms. The molecule has 0 atom stereocenters. The Hall–Kier alpha value is -2.16. The quantitative estimate of drug-likeness (QED) is 0.928. The number of rotatable bonds is 4. The van der Waals surface area contributed by atoms with Crippen molar-refractivity contribution in [2.75, 3.05) is 0 Å². The zero-order valence-corrected chi connectivity index (χ0v) is 12.5. The van der Waals surface area contributed by atoms with Gasteiger partial charge >= 0.3 is 0 Å². The van der Waals surface area contributed by atoms with E-state index in [9.17, 15) is 4.79 Å². The molecule has 1 amide bonds. The molecule has 1 heterocycles. The zero-order chi connectivity index (χ0) is 14.9. The molecule has 1 saturated carbocycles. The van der Waals surface area contributed by atoms with Crippen molar-refractivity contribution in [3.8, 4) is 11.1 Å². The van der Waals surface area contributed by atoms with Crippen molar-refractivity contribution in [2.24, 2.45) is 5.92 Å². The lowest BCUT2D eigenvalue weighted by Gasteiger charge is -2.26. The van der Waals surface area contributed by atoms with Crippen molar-refractivity contribution in [1.82, 2.24) is 10.3 Å². The molecule has 3 rings (SSSR count). The van der Waals surface area contributed by atoms with Gasteiger partial charge in [0, 0.05) is 23.5 Å². The van der Waals surface area contributed by atoms with Gasteiger partial charge < -0.3 is 5.32 Å². The van der Waals surface area contributed by atoms with Crippen molar-refractivity contribution in [3.05, 3.63) is 54.4 Å². The highest BCUT2D eigenvalue weighted by atomic mass is 16.1. The van der Waals surface area contributed by atoms with Crippen molar-refractivity contribution >= 4 is 5.91 Å². The molecular weight excluding hydrogens is 260 g/mol. The summed E-state index contributed by atoms with van der Waals surface area (Å²) in [6.45, 7) is 4.21. The Balaban J connectivity index is 1.81. The van der Waals surface area contributed by atoms with Crippen LogP contribution in [0.25, 0.3) is 11.1 Å². The number of hydrogen-bond acceptors (Lipinski definition) is 2. The van der Waals surface area contributed by atoms with Gasteiger partial charge in [-0.1, -0.05) is 12.1 Å². The second-order valence-electron chi connectivity index (χ2n) is 6.27. The topological polar surface area (TPSA) is 42.0 Å². The number of benzene rings is 1. The molecule has 1 aromatic heterocycles. The Morgan fingerprint density at radius 1 is 1.14 bits per heavy atom. The van der Waals surface area contributed by atoms with E-state index in [2.05, 4.69) is 24.1 Å². The fourth-order valence-electron chi connectivity index (χ4n) is 2.66. The number of carbonyl (C=O) groups excluding carboxylic acids is 1. The van der Waals surface area contributed by atoms with Gasteiger partial charge in [-0.05, 0) is 68.0 Å². The largest absolute Gasteiger partial charge is 0.347 e. The van der Waals surface area contributed by atoms with E-state index >= 15 is 0 Å². The predicted molar refractivity (Wildman–Crippen MR) is 83.9 cm³/mol. The van der Waals surface area contributed by atoms with Crippen LogP contribution in [0.4, 0.5) is 0 Å². The minimum absolute atomic E-state index is 0.00260. The molecule has 3 nitrogen and oxygen atoms in total. The van der Waals surface area contributed by atoms with Crippen LogP contribution in [-0.2, 0) is 0 Å². The van der Waals surface area contributed by atoms with Crippen LogP contribution in [0.15, 0.2) is 48.8 Å². The number of nitrogens with zero attached hydrogens (tertiary/aromatic N) is 1. The van der Waals surface area contributed by atoms with Gasteiger partial charge in [0.15, 0.2) is 0 Å². The molecule has 1 aromatic carbocycles. The maximum atomic E-state index is 12.5. The van der Waals surface area contributed by atoms with Gasteiger partial charge in [-0.2, -0.15) is 0 Å². The second kappa shape index (κ2) is 5.32. The third-order valence-corrected chi connectivity index (χ3v) is 4.17.